The Hall–Kier alpha value is -1.39. The highest BCUT2D eigenvalue weighted by Crippen LogP contribution is 2.15. The number of benzene rings is 1. The molecule has 0 atom stereocenters. The monoisotopic (exact) mass is 262 g/mol. The summed E-state index contributed by atoms with van der Waals surface area (Å²) < 4.78 is 5.69. The van der Waals surface area contributed by atoms with Crippen LogP contribution in [0.4, 0.5) is 0 Å². The maximum Gasteiger partial charge on any atom is 0.119 e. The summed E-state index contributed by atoms with van der Waals surface area (Å²) in [5.41, 5.74) is 6.88. The number of aryl methyl sites for hydroxylation is 1. The van der Waals surface area contributed by atoms with Crippen LogP contribution in [0.15, 0.2) is 30.5 Å². The van der Waals surface area contributed by atoms with Gasteiger partial charge in [-0.25, -0.2) is 4.98 Å². The lowest BCUT2D eigenvalue weighted by Gasteiger charge is -2.05. The van der Waals surface area contributed by atoms with Gasteiger partial charge in [0.25, 0.3) is 0 Å². The zero-order valence-corrected chi connectivity index (χ0v) is 11.4. The Morgan fingerprint density at radius 3 is 2.67 bits per heavy atom. The van der Waals surface area contributed by atoms with Gasteiger partial charge in [-0.15, -0.1) is 11.3 Å². The zero-order chi connectivity index (χ0) is 12.8. The highest BCUT2D eigenvalue weighted by molar-refractivity contribution is 7.11. The summed E-state index contributed by atoms with van der Waals surface area (Å²) in [5.74, 6) is 0.919. The van der Waals surface area contributed by atoms with Crippen molar-refractivity contribution in [1.82, 2.24) is 4.98 Å². The molecule has 0 spiro atoms. The third kappa shape index (κ3) is 3.55. The molecule has 4 heteroatoms. The predicted octanol–water partition coefficient (Wildman–Crippen LogP) is 2.79. The van der Waals surface area contributed by atoms with Gasteiger partial charge in [0.2, 0.25) is 0 Å². The minimum absolute atomic E-state index is 0.566. The highest BCUT2D eigenvalue weighted by atomic mass is 32.1. The molecular formula is C14H18N2OS. The van der Waals surface area contributed by atoms with E-state index in [1.165, 1.54) is 5.56 Å². The van der Waals surface area contributed by atoms with Gasteiger partial charge in [0.15, 0.2) is 0 Å². The second-order valence-corrected chi connectivity index (χ2v) is 5.22. The number of nitrogens with zero attached hydrogens (tertiary/aromatic N) is 1. The molecule has 0 bridgehead atoms. The van der Waals surface area contributed by atoms with Crippen LogP contribution in [0.25, 0.3) is 0 Å². The van der Waals surface area contributed by atoms with Crippen molar-refractivity contribution < 1.29 is 4.74 Å². The third-order valence-electron chi connectivity index (χ3n) is 2.72. The van der Waals surface area contributed by atoms with E-state index in [1.54, 1.807) is 11.3 Å². The van der Waals surface area contributed by atoms with Crippen molar-refractivity contribution >= 4 is 11.3 Å². The van der Waals surface area contributed by atoms with Gasteiger partial charge in [-0.3, -0.25) is 0 Å². The van der Waals surface area contributed by atoms with Crippen molar-refractivity contribution in [3.8, 4) is 5.75 Å². The van der Waals surface area contributed by atoms with E-state index >= 15 is 0 Å². The van der Waals surface area contributed by atoms with Crippen LogP contribution in [0.3, 0.4) is 0 Å². The Balaban J connectivity index is 1.80. The number of thiazole rings is 1. The molecule has 1 heterocycles. The van der Waals surface area contributed by atoms with Crippen molar-refractivity contribution in [3.63, 3.8) is 0 Å². The fourth-order valence-electron chi connectivity index (χ4n) is 1.64. The third-order valence-corrected chi connectivity index (χ3v) is 3.80. The van der Waals surface area contributed by atoms with Crippen molar-refractivity contribution in [2.45, 2.75) is 26.3 Å². The van der Waals surface area contributed by atoms with Crippen LogP contribution in [0.5, 0.6) is 5.75 Å². The summed E-state index contributed by atoms with van der Waals surface area (Å²) in [4.78, 5) is 5.43. The van der Waals surface area contributed by atoms with E-state index in [1.807, 2.05) is 18.3 Å². The van der Waals surface area contributed by atoms with Crippen molar-refractivity contribution in [2.24, 2.45) is 5.73 Å². The standard InChI is InChI=1S/C14H18N2OS/c1-2-11-3-5-12(6-4-11)17-8-7-14-16-10-13(9-15)18-14/h3-6,10H,2,7-9,15H2,1H3. The van der Waals surface area contributed by atoms with E-state index < -0.39 is 0 Å². The van der Waals surface area contributed by atoms with E-state index in [2.05, 4.69) is 24.0 Å². The predicted molar refractivity (Wildman–Crippen MR) is 75.0 cm³/mol. The molecule has 0 radical (unpaired) electrons. The number of nitrogens with two attached hydrogens (primary N) is 1. The SMILES string of the molecule is CCc1ccc(OCCc2ncc(CN)s2)cc1. The van der Waals surface area contributed by atoms with Gasteiger partial charge in [-0.05, 0) is 24.1 Å². The van der Waals surface area contributed by atoms with Gasteiger partial charge < -0.3 is 10.5 Å². The Bertz CT molecular complexity index is 479. The van der Waals surface area contributed by atoms with Gasteiger partial charge in [-0.1, -0.05) is 19.1 Å². The van der Waals surface area contributed by atoms with E-state index in [0.29, 0.717) is 13.2 Å². The summed E-state index contributed by atoms with van der Waals surface area (Å²) in [5, 5.41) is 1.08. The molecule has 0 fully saturated rings. The lowest BCUT2D eigenvalue weighted by Crippen LogP contribution is -2.00. The molecule has 0 aliphatic heterocycles. The van der Waals surface area contributed by atoms with Gasteiger partial charge in [0.05, 0.1) is 11.6 Å². The summed E-state index contributed by atoms with van der Waals surface area (Å²) in [6.07, 6.45) is 3.73. The van der Waals surface area contributed by atoms with Crippen molar-refractivity contribution in [1.29, 1.82) is 0 Å². The lowest BCUT2D eigenvalue weighted by molar-refractivity contribution is 0.321. The van der Waals surface area contributed by atoms with E-state index in [0.717, 1.165) is 28.5 Å². The topological polar surface area (TPSA) is 48.1 Å². The van der Waals surface area contributed by atoms with E-state index in [4.69, 9.17) is 10.5 Å². The average Bonchev–Trinajstić information content (AvgIpc) is 2.87. The number of hydrogen-bond acceptors (Lipinski definition) is 4. The van der Waals surface area contributed by atoms with Crippen molar-refractivity contribution in [3.05, 3.63) is 45.9 Å². The van der Waals surface area contributed by atoms with Crippen LogP contribution < -0.4 is 10.5 Å². The second-order valence-electron chi connectivity index (χ2n) is 4.02. The summed E-state index contributed by atoms with van der Waals surface area (Å²) in [7, 11) is 0. The second kappa shape index (κ2) is 6.52. The molecule has 0 amide bonds. The van der Waals surface area contributed by atoms with E-state index in [-0.39, 0.29) is 0 Å². The number of aromatic nitrogens is 1. The average molecular weight is 262 g/mol. The Kier molecular flexibility index (Phi) is 4.73. The van der Waals surface area contributed by atoms with Gasteiger partial charge >= 0.3 is 0 Å². The first kappa shape index (κ1) is 13.1. The van der Waals surface area contributed by atoms with Crippen LogP contribution in [0.2, 0.25) is 0 Å². The Labute approximate surface area is 112 Å². The van der Waals surface area contributed by atoms with E-state index in [9.17, 15) is 0 Å². The first-order chi connectivity index (χ1) is 8.81. The number of ether oxygens (including phenoxy) is 1. The fraction of sp³-hybridized carbons (Fsp3) is 0.357. The molecule has 0 saturated carbocycles. The zero-order valence-electron chi connectivity index (χ0n) is 10.6. The van der Waals surface area contributed by atoms with Gasteiger partial charge in [0.1, 0.15) is 5.75 Å². The minimum atomic E-state index is 0.566. The molecule has 96 valence electrons. The Morgan fingerprint density at radius 1 is 1.28 bits per heavy atom. The molecule has 0 aliphatic rings. The number of hydrogen-bond donors (Lipinski definition) is 1. The maximum absolute atomic E-state index is 5.69. The van der Waals surface area contributed by atoms with Gasteiger partial charge in [-0.2, -0.15) is 0 Å². The van der Waals surface area contributed by atoms with Crippen LogP contribution in [0, 0.1) is 0 Å². The molecule has 0 aliphatic carbocycles. The molecule has 0 saturated heterocycles. The van der Waals surface area contributed by atoms with Crippen molar-refractivity contribution in [2.75, 3.05) is 6.61 Å². The molecule has 2 aromatic rings. The van der Waals surface area contributed by atoms with Crippen LogP contribution in [-0.4, -0.2) is 11.6 Å². The first-order valence-corrected chi connectivity index (χ1v) is 6.99. The van der Waals surface area contributed by atoms with Gasteiger partial charge in [0, 0.05) is 24.0 Å². The molecule has 2 rings (SSSR count). The molecule has 0 unspecified atom stereocenters. The molecule has 3 nitrogen and oxygen atoms in total. The first-order valence-electron chi connectivity index (χ1n) is 6.17. The lowest BCUT2D eigenvalue weighted by atomic mass is 10.2. The molecule has 18 heavy (non-hydrogen) atoms. The molecule has 2 N–H and O–H groups in total. The molecular weight excluding hydrogens is 244 g/mol. The maximum atomic E-state index is 5.69. The number of rotatable bonds is 6. The largest absolute Gasteiger partial charge is 0.493 e. The summed E-state index contributed by atoms with van der Waals surface area (Å²) >= 11 is 1.66. The fourth-order valence-corrected chi connectivity index (χ4v) is 2.42. The summed E-state index contributed by atoms with van der Waals surface area (Å²) in [6.45, 7) is 3.37. The quantitative estimate of drug-likeness (QED) is 0.871. The summed E-state index contributed by atoms with van der Waals surface area (Å²) in [6, 6.07) is 8.24. The van der Waals surface area contributed by atoms with Crippen LogP contribution in [-0.2, 0) is 19.4 Å². The van der Waals surface area contributed by atoms with Crippen LogP contribution >= 0.6 is 11.3 Å². The molecule has 1 aromatic heterocycles. The molecule has 1 aromatic carbocycles. The van der Waals surface area contributed by atoms with Crippen LogP contribution in [0.1, 0.15) is 22.4 Å². The highest BCUT2D eigenvalue weighted by Gasteiger charge is 2.01. The normalized spacial score (nSPS) is 10.6. The smallest absolute Gasteiger partial charge is 0.119 e. The Morgan fingerprint density at radius 2 is 2.06 bits per heavy atom. The minimum Gasteiger partial charge on any atom is -0.493 e.